The topological polar surface area (TPSA) is 114 Å². The minimum Gasteiger partial charge on any atom is -0.400 e. The summed E-state index contributed by atoms with van der Waals surface area (Å²) in [5.41, 5.74) is 3.15. The highest BCUT2D eigenvalue weighted by Crippen LogP contribution is 2.58. The maximum Gasteiger partial charge on any atom is 0.184 e. The summed E-state index contributed by atoms with van der Waals surface area (Å²) in [4.78, 5) is 12.0. The Bertz CT molecular complexity index is 568. The molecule has 1 aliphatic rings. The van der Waals surface area contributed by atoms with Crippen molar-refractivity contribution in [2.45, 2.75) is 27.7 Å². The van der Waals surface area contributed by atoms with E-state index >= 15 is 0 Å². The quantitative estimate of drug-likeness (QED) is 0.806. The van der Waals surface area contributed by atoms with E-state index in [4.69, 9.17) is 5.73 Å². The van der Waals surface area contributed by atoms with E-state index < -0.39 is 16.7 Å². The van der Waals surface area contributed by atoms with E-state index in [1.54, 1.807) is 6.92 Å². The van der Waals surface area contributed by atoms with Gasteiger partial charge in [-0.15, -0.1) is 0 Å². The molecule has 1 rings (SSSR count). The molecule has 0 bridgehead atoms. The number of nitrogens with zero attached hydrogens (tertiary/aromatic N) is 3. The van der Waals surface area contributed by atoms with Crippen LogP contribution in [0.15, 0.2) is 11.3 Å². The van der Waals surface area contributed by atoms with Crippen molar-refractivity contribution in [1.82, 2.24) is 0 Å². The first kappa shape index (κ1) is 14.7. The molecule has 0 fully saturated rings. The molecule has 0 amide bonds. The number of hydrogen-bond donors (Lipinski definition) is 1. The molecule has 0 spiro atoms. The van der Waals surface area contributed by atoms with Crippen LogP contribution in [0, 0.1) is 56.7 Å². The number of allylic oxidation sites excluding steroid dienone is 2. The van der Waals surface area contributed by atoms with Crippen LogP contribution in [0.3, 0.4) is 0 Å². The zero-order valence-electron chi connectivity index (χ0n) is 11.5. The molecular formula is C14H16N4O. The summed E-state index contributed by atoms with van der Waals surface area (Å²) in [6.45, 7) is 6.64. The Morgan fingerprint density at radius 1 is 1.32 bits per heavy atom. The van der Waals surface area contributed by atoms with E-state index in [0.29, 0.717) is 0 Å². The molecule has 5 nitrogen and oxygen atoms in total. The van der Waals surface area contributed by atoms with Crippen LogP contribution in [0.5, 0.6) is 0 Å². The lowest BCUT2D eigenvalue weighted by atomic mass is 9.61. The fourth-order valence-corrected chi connectivity index (χ4v) is 3.23. The van der Waals surface area contributed by atoms with Crippen LogP contribution in [-0.4, -0.2) is 5.78 Å². The van der Waals surface area contributed by atoms with E-state index in [-0.39, 0.29) is 23.0 Å². The summed E-state index contributed by atoms with van der Waals surface area (Å²) in [6.07, 6.45) is 0. The molecule has 2 N–H and O–H groups in total. The third-order valence-electron chi connectivity index (χ3n) is 4.17. The summed E-state index contributed by atoms with van der Waals surface area (Å²) < 4.78 is 0. The van der Waals surface area contributed by atoms with Crippen LogP contribution in [0.1, 0.15) is 27.7 Å². The Labute approximate surface area is 112 Å². The second-order valence-electron chi connectivity index (χ2n) is 5.41. The molecular weight excluding hydrogens is 240 g/mol. The standard InChI is InChI=1S/C14H16N4O/c1-8(2)11-13(4,9(3)19)12(18)10(5-15)14(11,6-16)7-17/h8,11H,18H2,1-4H3. The highest BCUT2D eigenvalue weighted by molar-refractivity contribution is 5.88. The lowest BCUT2D eigenvalue weighted by Crippen LogP contribution is -2.43. The van der Waals surface area contributed by atoms with Gasteiger partial charge in [0.1, 0.15) is 5.78 Å². The predicted molar refractivity (Wildman–Crippen MR) is 67.6 cm³/mol. The van der Waals surface area contributed by atoms with Gasteiger partial charge in [-0.3, -0.25) is 4.79 Å². The van der Waals surface area contributed by atoms with Gasteiger partial charge < -0.3 is 5.73 Å². The summed E-state index contributed by atoms with van der Waals surface area (Å²) in [7, 11) is 0. The van der Waals surface area contributed by atoms with E-state index in [1.807, 2.05) is 32.1 Å². The Kier molecular flexibility index (Phi) is 3.42. The van der Waals surface area contributed by atoms with Gasteiger partial charge in [-0.25, -0.2) is 0 Å². The number of carbonyl (C=O) groups is 1. The SMILES string of the molecule is CC(=O)C1(C)C(N)=C(C#N)C(C#N)(C#N)C1C(C)C. The number of carbonyl (C=O) groups excluding carboxylic acids is 1. The molecule has 19 heavy (non-hydrogen) atoms. The minimum atomic E-state index is -1.65. The van der Waals surface area contributed by atoms with Gasteiger partial charge in [-0.05, 0) is 19.8 Å². The van der Waals surface area contributed by atoms with Crippen molar-refractivity contribution in [3.05, 3.63) is 11.3 Å². The molecule has 5 heteroatoms. The Morgan fingerprint density at radius 3 is 2.05 bits per heavy atom. The predicted octanol–water partition coefficient (Wildman–Crippen LogP) is 1.64. The highest BCUT2D eigenvalue weighted by atomic mass is 16.1. The van der Waals surface area contributed by atoms with Gasteiger partial charge in [0.25, 0.3) is 0 Å². The molecule has 0 aromatic rings. The number of nitrogens with two attached hydrogens (primary N) is 1. The van der Waals surface area contributed by atoms with Gasteiger partial charge in [0, 0.05) is 11.6 Å². The molecule has 0 aromatic carbocycles. The maximum atomic E-state index is 12.0. The van der Waals surface area contributed by atoms with Gasteiger partial charge in [-0.1, -0.05) is 13.8 Å². The van der Waals surface area contributed by atoms with Crippen LogP contribution in [0.2, 0.25) is 0 Å². The smallest absolute Gasteiger partial charge is 0.184 e. The zero-order chi connectivity index (χ0) is 15.0. The monoisotopic (exact) mass is 256 g/mol. The summed E-state index contributed by atoms with van der Waals surface area (Å²) in [5.74, 6) is -0.997. The summed E-state index contributed by atoms with van der Waals surface area (Å²) in [5, 5.41) is 28.1. The number of nitriles is 3. The third-order valence-corrected chi connectivity index (χ3v) is 4.17. The molecule has 0 aliphatic heterocycles. The van der Waals surface area contributed by atoms with E-state index in [9.17, 15) is 20.6 Å². The van der Waals surface area contributed by atoms with Crippen molar-refractivity contribution in [2.75, 3.05) is 0 Å². The third kappa shape index (κ3) is 1.54. The molecule has 2 atom stereocenters. The average molecular weight is 256 g/mol. The van der Waals surface area contributed by atoms with Gasteiger partial charge in [0.05, 0.1) is 29.2 Å². The minimum absolute atomic E-state index is 0.0595. The molecule has 0 saturated heterocycles. The zero-order valence-corrected chi connectivity index (χ0v) is 11.5. The fourth-order valence-electron chi connectivity index (χ4n) is 3.23. The van der Waals surface area contributed by atoms with Crippen LogP contribution >= 0.6 is 0 Å². The van der Waals surface area contributed by atoms with Crippen molar-refractivity contribution < 1.29 is 4.79 Å². The normalized spacial score (nSPS) is 28.6. The first-order valence-electron chi connectivity index (χ1n) is 5.98. The van der Waals surface area contributed by atoms with Crippen molar-refractivity contribution in [3.63, 3.8) is 0 Å². The Hall–Kier alpha value is -2.32. The molecule has 98 valence electrons. The summed E-state index contributed by atoms with van der Waals surface area (Å²) in [6, 6.07) is 5.71. The largest absolute Gasteiger partial charge is 0.400 e. The summed E-state index contributed by atoms with van der Waals surface area (Å²) >= 11 is 0. The molecule has 0 saturated carbocycles. The Balaban J connectivity index is 3.80. The van der Waals surface area contributed by atoms with Crippen LogP contribution in [-0.2, 0) is 4.79 Å². The maximum absolute atomic E-state index is 12.0. The lowest BCUT2D eigenvalue weighted by Gasteiger charge is -2.37. The van der Waals surface area contributed by atoms with E-state index in [0.717, 1.165) is 0 Å². The first-order valence-corrected chi connectivity index (χ1v) is 5.98. The van der Waals surface area contributed by atoms with Crippen LogP contribution in [0.4, 0.5) is 0 Å². The van der Waals surface area contributed by atoms with Crippen LogP contribution < -0.4 is 5.73 Å². The van der Waals surface area contributed by atoms with Crippen molar-refractivity contribution in [1.29, 1.82) is 15.8 Å². The first-order chi connectivity index (χ1) is 8.73. The molecule has 0 heterocycles. The fraction of sp³-hybridized carbons (Fsp3) is 0.571. The van der Waals surface area contributed by atoms with Gasteiger partial charge in [0.2, 0.25) is 0 Å². The van der Waals surface area contributed by atoms with Gasteiger partial charge in [-0.2, -0.15) is 15.8 Å². The molecule has 2 unspecified atom stereocenters. The van der Waals surface area contributed by atoms with E-state index in [1.165, 1.54) is 6.92 Å². The molecule has 1 aliphatic carbocycles. The number of rotatable bonds is 2. The van der Waals surface area contributed by atoms with Crippen LogP contribution in [0.25, 0.3) is 0 Å². The number of ketones is 1. The van der Waals surface area contributed by atoms with Crippen molar-refractivity contribution in [2.24, 2.45) is 28.4 Å². The van der Waals surface area contributed by atoms with Crippen molar-refractivity contribution in [3.8, 4) is 18.2 Å². The van der Waals surface area contributed by atoms with E-state index in [2.05, 4.69) is 0 Å². The van der Waals surface area contributed by atoms with Gasteiger partial charge >= 0.3 is 0 Å². The second kappa shape index (κ2) is 4.41. The molecule has 0 radical (unpaired) electrons. The number of Topliss-reactive ketones (excluding diaryl/α,β-unsaturated/α-hetero) is 1. The van der Waals surface area contributed by atoms with Crippen molar-refractivity contribution >= 4 is 5.78 Å². The molecule has 0 aromatic heterocycles. The van der Waals surface area contributed by atoms with Gasteiger partial charge in [0.15, 0.2) is 5.41 Å². The number of hydrogen-bond acceptors (Lipinski definition) is 5. The lowest BCUT2D eigenvalue weighted by molar-refractivity contribution is -0.127. The average Bonchev–Trinajstić information content (AvgIpc) is 2.56. The Morgan fingerprint density at radius 2 is 1.79 bits per heavy atom. The highest BCUT2D eigenvalue weighted by Gasteiger charge is 2.63. The second-order valence-corrected chi connectivity index (χ2v) is 5.41.